The van der Waals surface area contributed by atoms with E-state index in [1.807, 2.05) is 29.1 Å². The summed E-state index contributed by atoms with van der Waals surface area (Å²) in [6, 6.07) is 6.06. The molecule has 0 radical (unpaired) electrons. The van der Waals surface area contributed by atoms with Gasteiger partial charge in [-0.05, 0) is 44.9 Å². The van der Waals surface area contributed by atoms with Crippen LogP contribution in [0.4, 0.5) is 5.69 Å². The summed E-state index contributed by atoms with van der Waals surface area (Å²) in [5, 5.41) is 8.38. The van der Waals surface area contributed by atoms with Crippen LogP contribution in [0.5, 0.6) is 0 Å². The molecule has 1 aliphatic heterocycles. The van der Waals surface area contributed by atoms with Crippen molar-refractivity contribution in [2.24, 2.45) is 5.73 Å². The van der Waals surface area contributed by atoms with Crippen molar-refractivity contribution < 1.29 is 9.53 Å². The number of carbonyl (C=O) groups is 1. The molecule has 1 saturated heterocycles. The zero-order valence-electron chi connectivity index (χ0n) is 13.4. The van der Waals surface area contributed by atoms with E-state index in [1.54, 1.807) is 0 Å². The number of amides is 1. The maximum Gasteiger partial charge on any atom is 0.244 e. The van der Waals surface area contributed by atoms with Gasteiger partial charge in [0.2, 0.25) is 5.91 Å². The van der Waals surface area contributed by atoms with Crippen molar-refractivity contribution in [2.45, 2.75) is 38.3 Å². The summed E-state index contributed by atoms with van der Waals surface area (Å²) in [4.78, 5) is 12.5. The van der Waals surface area contributed by atoms with Gasteiger partial charge in [-0.3, -0.25) is 9.48 Å². The van der Waals surface area contributed by atoms with Crippen molar-refractivity contribution >= 4 is 34.9 Å². The van der Waals surface area contributed by atoms with Crippen LogP contribution in [0.25, 0.3) is 10.9 Å². The number of nitrogens with one attached hydrogen (secondary N) is 1. The Hall–Kier alpha value is -1.63. The predicted molar refractivity (Wildman–Crippen MR) is 93.0 cm³/mol. The number of aromatic nitrogens is 2. The van der Waals surface area contributed by atoms with Crippen molar-refractivity contribution in [3.63, 3.8) is 0 Å². The Labute approximate surface area is 141 Å². The number of halogens is 1. The first kappa shape index (κ1) is 17.7. The molecule has 7 heteroatoms. The molecule has 1 aromatic carbocycles. The summed E-state index contributed by atoms with van der Waals surface area (Å²) >= 11 is 0. The molecule has 0 aliphatic carbocycles. The Morgan fingerprint density at radius 1 is 1.39 bits per heavy atom. The lowest BCUT2D eigenvalue weighted by Gasteiger charge is -2.31. The van der Waals surface area contributed by atoms with Crippen LogP contribution in [0, 0.1) is 0 Å². The molecule has 6 nitrogen and oxygen atoms in total. The average molecular weight is 339 g/mol. The summed E-state index contributed by atoms with van der Waals surface area (Å²) in [6.45, 7) is 5.22. The van der Waals surface area contributed by atoms with Crippen LogP contribution in [0.2, 0.25) is 0 Å². The van der Waals surface area contributed by atoms with Gasteiger partial charge in [0.15, 0.2) is 0 Å². The number of nitrogens with two attached hydrogens (primary N) is 1. The minimum atomic E-state index is -0.842. The molecule has 0 spiro atoms. The highest BCUT2D eigenvalue weighted by Gasteiger charge is 2.35. The lowest BCUT2D eigenvalue weighted by Crippen LogP contribution is -2.54. The van der Waals surface area contributed by atoms with E-state index in [2.05, 4.69) is 24.3 Å². The first-order valence-corrected chi connectivity index (χ1v) is 7.65. The number of fused-ring (bicyclic) bond motifs is 1. The molecule has 1 aliphatic rings. The molecule has 1 aromatic heterocycles. The fourth-order valence-electron chi connectivity index (χ4n) is 2.75. The van der Waals surface area contributed by atoms with Gasteiger partial charge in [0.05, 0.1) is 11.7 Å². The van der Waals surface area contributed by atoms with E-state index in [9.17, 15) is 4.79 Å². The number of carbonyl (C=O) groups excluding carboxylic acids is 1. The molecule has 2 heterocycles. The zero-order chi connectivity index (χ0) is 15.7. The summed E-state index contributed by atoms with van der Waals surface area (Å²) in [5.74, 6) is -0.147. The number of rotatable bonds is 3. The number of hydrogen-bond acceptors (Lipinski definition) is 4. The fourth-order valence-corrected chi connectivity index (χ4v) is 2.75. The molecule has 1 amide bonds. The van der Waals surface area contributed by atoms with Crippen LogP contribution < -0.4 is 11.1 Å². The fraction of sp³-hybridized carbons (Fsp3) is 0.500. The molecular formula is C16H23ClN4O2. The Morgan fingerprint density at radius 2 is 2.09 bits per heavy atom. The number of hydrogen-bond donors (Lipinski definition) is 2. The van der Waals surface area contributed by atoms with Gasteiger partial charge >= 0.3 is 0 Å². The first-order valence-electron chi connectivity index (χ1n) is 7.65. The third kappa shape index (κ3) is 3.49. The quantitative estimate of drug-likeness (QED) is 0.900. The van der Waals surface area contributed by atoms with Crippen molar-refractivity contribution in [1.29, 1.82) is 0 Å². The predicted octanol–water partition coefficient (Wildman–Crippen LogP) is 2.49. The molecule has 126 valence electrons. The van der Waals surface area contributed by atoms with E-state index in [0.29, 0.717) is 26.1 Å². The molecule has 0 atom stereocenters. The molecule has 3 N–H and O–H groups in total. The summed E-state index contributed by atoms with van der Waals surface area (Å²) in [7, 11) is 0. The minimum Gasteiger partial charge on any atom is -0.381 e. The van der Waals surface area contributed by atoms with Crippen molar-refractivity contribution in [2.75, 3.05) is 18.5 Å². The van der Waals surface area contributed by atoms with Crippen LogP contribution in [-0.4, -0.2) is 34.4 Å². The normalized spacial score (nSPS) is 17.0. The molecule has 2 aromatic rings. The van der Waals surface area contributed by atoms with Gasteiger partial charge in [-0.25, -0.2) is 0 Å². The second kappa shape index (κ2) is 6.86. The molecule has 23 heavy (non-hydrogen) atoms. The Balaban J connectivity index is 0.00000192. The van der Waals surface area contributed by atoms with E-state index < -0.39 is 5.54 Å². The molecule has 0 unspecified atom stereocenters. The average Bonchev–Trinajstić information content (AvgIpc) is 2.91. The largest absolute Gasteiger partial charge is 0.381 e. The van der Waals surface area contributed by atoms with E-state index >= 15 is 0 Å². The van der Waals surface area contributed by atoms with Crippen LogP contribution in [-0.2, 0) is 9.53 Å². The Morgan fingerprint density at radius 3 is 2.74 bits per heavy atom. The standard InChI is InChI=1S/C16H22N4O2.ClH/c1-11(2)20-14-9-13(4-3-12(14)10-18-20)19-15(21)16(17)5-7-22-8-6-16;/h3-4,9-11H,5-8,17H2,1-2H3,(H,19,21);1H. The number of benzene rings is 1. The third-order valence-corrected chi connectivity index (χ3v) is 4.18. The minimum absolute atomic E-state index is 0. The molecule has 3 rings (SSSR count). The molecule has 1 fully saturated rings. The van der Waals surface area contributed by atoms with E-state index in [1.165, 1.54) is 0 Å². The maximum absolute atomic E-state index is 12.5. The van der Waals surface area contributed by atoms with Gasteiger partial charge in [-0.2, -0.15) is 5.10 Å². The van der Waals surface area contributed by atoms with Gasteiger partial charge in [0, 0.05) is 30.3 Å². The first-order chi connectivity index (χ1) is 10.5. The van der Waals surface area contributed by atoms with Gasteiger partial charge in [0.1, 0.15) is 5.54 Å². The molecule has 0 saturated carbocycles. The zero-order valence-corrected chi connectivity index (χ0v) is 14.2. The van der Waals surface area contributed by atoms with Crippen molar-refractivity contribution in [1.82, 2.24) is 9.78 Å². The third-order valence-electron chi connectivity index (χ3n) is 4.18. The Kier molecular flexibility index (Phi) is 5.29. The van der Waals surface area contributed by atoms with Crippen molar-refractivity contribution in [3.05, 3.63) is 24.4 Å². The topological polar surface area (TPSA) is 82.2 Å². The molecular weight excluding hydrogens is 316 g/mol. The van der Waals surface area contributed by atoms with Crippen LogP contribution in [0.3, 0.4) is 0 Å². The highest BCUT2D eigenvalue weighted by atomic mass is 35.5. The Bertz CT molecular complexity index is 692. The lowest BCUT2D eigenvalue weighted by atomic mass is 9.90. The van der Waals surface area contributed by atoms with Crippen LogP contribution in [0.15, 0.2) is 24.4 Å². The summed E-state index contributed by atoms with van der Waals surface area (Å²) in [6.07, 6.45) is 2.93. The van der Waals surface area contributed by atoms with Gasteiger partial charge in [0.25, 0.3) is 0 Å². The number of anilines is 1. The van der Waals surface area contributed by atoms with E-state index in [4.69, 9.17) is 10.5 Å². The monoisotopic (exact) mass is 338 g/mol. The number of ether oxygens (including phenoxy) is 1. The second-order valence-corrected chi connectivity index (χ2v) is 6.18. The second-order valence-electron chi connectivity index (χ2n) is 6.18. The van der Waals surface area contributed by atoms with Crippen molar-refractivity contribution in [3.8, 4) is 0 Å². The van der Waals surface area contributed by atoms with Crippen LogP contribution >= 0.6 is 12.4 Å². The molecule has 0 bridgehead atoms. The SMILES string of the molecule is CC(C)n1ncc2ccc(NC(=O)C3(N)CCOCC3)cc21.Cl. The van der Waals surface area contributed by atoms with Gasteiger partial charge in [-0.1, -0.05) is 0 Å². The smallest absolute Gasteiger partial charge is 0.244 e. The van der Waals surface area contributed by atoms with E-state index in [0.717, 1.165) is 16.6 Å². The van der Waals surface area contributed by atoms with E-state index in [-0.39, 0.29) is 24.4 Å². The highest BCUT2D eigenvalue weighted by molar-refractivity contribution is 5.99. The number of nitrogens with zero attached hydrogens (tertiary/aromatic N) is 2. The van der Waals surface area contributed by atoms with Gasteiger partial charge < -0.3 is 15.8 Å². The van der Waals surface area contributed by atoms with Crippen LogP contribution in [0.1, 0.15) is 32.7 Å². The van der Waals surface area contributed by atoms with Gasteiger partial charge in [-0.15, -0.1) is 12.4 Å². The maximum atomic E-state index is 12.5. The summed E-state index contributed by atoms with van der Waals surface area (Å²) < 4.78 is 7.23. The highest BCUT2D eigenvalue weighted by Crippen LogP contribution is 2.24. The lowest BCUT2D eigenvalue weighted by molar-refractivity contribution is -0.124. The summed E-state index contributed by atoms with van der Waals surface area (Å²) in [5.41, 5.74) is 7.12.